The summed E-state index contributed by atoms with van der Waals surface area (Å²) in [6.45, 7) is 27.4. The minimum atomic E-state index is -0.268. The minimum absolute atomic E-state index is 0.0228. The summed E-state index contributed by atoms with van der Waals surface area (Å²) in [4.78, 5) is 166. The number of imidazole rings is 1. The predicted octanol–water partition coefficient (Wildman–Crippen LogP) is 13.4. The molecule has 6 aliphatic carbocycles. The Hall–Kier alpha value is -14.1. The number of aromatic nitrogens is 18. The Morgan fingerprint density at radius 3 is 1.23 bits per heavy atom. The molecule has 23 rings (SSSR count). The van der Waals surface area contributed by atoms with Crippen molar-refractivity contribution < 1.29 is 23.6 Å². The topological polar surface area (TPSA) is 447 Å². The van der Waals surface area contributed by atoms with E-state index in [0.29, 0.717) is 109 Å². The van der Waals surface area contributed by atoms with Gasteiger partial charge in [-0.1, -0.05) is 58.3 Å². The molecule has 3 aliphatic heterocycles. The molecule has 141 heavy (non-hydrogen) atoms. The van der Waals surface area contributed by atoms with Crippen molar-refractivity contribution in [1.29, 1.82) is 0 Å². The van der Waals surface area contributed by atoms with Crippen LogP contribution in [0, 0.1) is 27.7 Å². The first kappa shape index (κ1) is 94.5. The number of fused-ring (bicyclic) bond motifs is 8. The number of nitrogens with zero attached hydrogens (tertiary/aromatic N) is 21. The van der Waals surface area contributed by atoms with Gasteiger partial charge in [-0.15, -0.1) is 5.10 Å². The van der Waals surface area contributed by atoms with Gasteiger partial charge < -0.3 is 61.7 Å². The molecule has 3 saturated heterocycles. The quantitative estimate of drug-likeness (QED) is 0.0310. The Morgan fingerprint density at radius 1 is 0.404 bits per heavy atom. The number of carbonyl (C=O) groups excluding carboxylic acids is 4. The van der Waals surface area contributed by atoms with Crippen LogP contribution in [0.15, 0.2) is 104 Å². The summed E-state index contributed by atoms with van der Waals surface area (Å²) in [5.41, 5.74) is 13.6. The Bertz CT molecular complexity index is 7510. The molecule has 0 spiro atoms. The summed E-state index contributed by atoms with van der Waals surface area (Å²) in [6, 6.07) is 8.57. The number of aryl methyl sites for hydroxylation is 4. The molecule has 1 unspecified atom stereocenters. The van der Waals surface area contributed by atoms with Gasteiger partial charge in [-0.05, 0) is 209 Å². The van der Waals surface area contributed by atoms with Gasteiger partial charge in [0.05, 0.1) is 58.5 Å². The Kier molecular flexibility index (Phi) is 27.2. The molecule has 1 atom stereocenters. The molecule has 38 heteroatoms. The van der Waals surface area contributed by atoms with Crippen LogP contribution in [0.25, 0.3) is 60.8 Å². The van der Waals surface area contributed by atoms with Crippen LogP contribution in [0.5, 0.6) is 0 Å². The number of piperazine rings is 3. The number of Topliss-reactive ketones (excluding diaryl/α,β-unsaturated/α-hetero) is 4. The zero-order valence-corrected chi connectivity index (χ0v) is 81.5. The molecule has 0 aromatic carbocycles. The van der Waals surface area contributed by atoms with Gasteiger partial charge in [-0.3, -0.25) is 56.6 Å². The van der Waals surface area contributed by atoms with E-state index in [2.05, 4.69) is 105 Å². The largest absolute Gasteiger partial charge is 0.460 e. The van der Waals surface area contributed by atoms with Gasteiger partial charge in [-0.2, -0.15) is 19.9 Å². The number of hydrogen-bond acceptors (Lipinski definition) is 33. The maximum atomic E-state index is 13.5. The van der Waals surface area contributed by atoms with Gasteiger partial charge >= 0.3 is 0 Å². The second-order valence-corrected chi connectivity index (χ2v) is 38.7. The zero-order chi connectivity index (χ0) is 97.5. The molecule has 14 aromatic heterocycles. The molecule has 14 aromatic rings. The van der Waals surface area contributed by atoms with Crippen LogP contribution in [0.3, 0.4) is 0 Å². The highest BCUT2D eigenvalue weighted by atomic mass is 16.3. The van der Waals surface area contributed by atoms with Crippen molar-refractivity contribution in [3.8, 4) is 0 Å². The van der Waals surface area contributed by atoms with E-state index in [-0.39, 0.29) is 91.8 Å². The molecule has 7 fully saturated rings. The normalized spacial score (nSPS) is 17.4. The third kappa shape index (κ3) is 18.8. The third-order valence-electron chi connectivity index (χ3n) is 29.7. The van der Waals surface area contributed by atoms with Crippen LogP contribution in [-0.2, 0) is 25.7 Å². The van der Waals surface area contributed by atoms with Crippen LogP contribution in [0.1, 0.15) is 254 Å². The second kappa shape index (κ2) is 40.6. The van der Waals surface area contributed by atoms with Gasteiger partial charge in [0.2, 0.25) is 23.8 Å². The lowest BCUT2D eigenvalue weighted by Gasteiger charge is -2.31. The SMILES string of the molecule is CC(=O)c1c(C)c2cnc(Nc3cn4nc(N5CCNCC5)ccc4n3)nc2n(C2CCCC2)c1=O.CC(=O)c1c(C)c2cnc(Nc3ncc(N4CCNCC4)c4c3CCC4)nc2n(C2CCCC2)c1=O.CC(=O)c1c(C)c2cnc(Nc3ncc(N4CCNCC4)c4ccoc34)nc2n(C2CCCC2)c1=O.CCNC1Cc2cnc(Nc3ncc4c(C)c(C(C)=O)c(=O)n(C5CCCC5)c4n3)cc2C1. The molecule has 8 N–H and O–H groups in total. The first-order chi connectivity index (χ1) is 68.5. The monoisotopic (exact) mass is 1910 g/mol. The fraction of sp³-hybridized carbons (Fsp3) is 0.466. The fourth-order valence-corrected chi connectivity index (χ4v) is 22.7. The summed E-state index contributed by atoms with van der Waals surface area (Å²) in [7, 11) is 0. The number of ketones is 4. The number of furan rings is 1. The van der Waals surface area contributed by atoms with Gasteiger partial charge in [0.15, 0.2) is 46.0 Å². The average Bonchev–Trinajstić information content (AvgIpc) is 1.74. The maximum absolute atomic E-state index is 13.5. The number of rotatable bonds is 21. The highest BCUT2D eigenvalue weighted by Gasteiger charge is 2.35. The third-order valence-corrected chi connectivity index (χ3v) is 29.7. The van der Waals surface area contributed by atoms with E-state index in [4.69, 9.17) is 34.4 Å². The summed E-state index contributed by atoms with van der Waals surface area (Å²) in [5, 5.41) is 35.3. The molecular formula is C103H121N29O9. The standard InChI is InChI=1S/C27H33N7O2.C26H29N7O3.C25H29N9O2.C25H30N6O2/c1-16-21-14-30-27(32-25(21)34(18-6-3-4-7-18)26(36)23(16)17(2)35)31-24-20-9-5-8-19(20)22(15-29-24)33-12-10-28-11-13-33;1-15-19-13-29-26(31-24(19)33(17-5-3-4-6-17)25(35)21(15)16(2)34)30-23-22-18(7-12-36-22)20(14-28-23)32-10-8-27-9-11-32;1-15-18-13-27-25(30-23(18)34(17-5-3-4-6-17)24(36)22(15)16(2)35)29-19-14-33-20(28-19)7-8-21(31-33)32-11-9-26-10-12-32;1-4-26-18-9-16-11-21(27-12-17(16)10-18)29-25-28-13-20-14(2)22(15(3)32)24(33)31(23(20)30-25)19-7-5-6-8-19/h14-15,18,28H,3-13H2,1-2H3,(H,29,30,31,32);7,12-14,17,27H,3-6,8-11H2,1-2H3,(H,28,29,30,31);7-8,13-14,17,26H,3-6,9-12H2,1-2H3,(H,27,29,30);11-13,18-19,26H,4-10H2,1-3H3,(H,27,28,29,30). The smallest absolute Gasteiger partial charge is 0.263 e. The Labute approximate surface area is 813 Å². The van der Waals surface area contributed by atoms with Crippen LogP contribution in [-0.4, -0.2) is 202 Å². The number of nitrogens with one attached hydrogen (secondary N) is 8. The van der Waals surface area contributed by atoms with Crippen molar-refractivity contribution in [2.75, 3.05) is 121 Å². The fourth-order valence-electron chi connectivity index (χ4n) is 22.7. The van der Waals surface area contributed by atoms with Crippen molar-refractivity contribution in [3.05, 3.63) is 188 Å². The second-order valence-electron chi connectivity index (χ2n) is 38.7. The molecule has 38 nitrogen and oxygen atoms in total. The van der Waals surface area contributed by atoms with E-state index in [1.807, 2.05) is 49.9 Å². The lowest BCUT2D eigenvalue weighted by atomic mass is 10.0. The van der Waals surface area contributed by atoms with Crippen molar-refractivity contribution in [2.45, 2.75) is 227 Å². The minimum Gasteiger partial charge on any atom is -0.460 e. The van der Waals surface area contributed by atoms with Crippen molar-refractivity contribution >= 4 is 148 Å². The van der Waals surface area contributed by atoms with Gasteiger partial charge in [0.25, 0.3) is 22.2 Å². The van der Waals surface area contributed by atoms with Crippen molar-refractivity contribution in [2.24, 2.45) is 0 Å². The molecule has 4 saturated carbocycles. The Balaban J connectivity index is 0.000000115. The molecule has 0 radical (unpaired) electrons. The van der Waals surface area contributed by atoms with E-state index in [9.17, 15) is 38.4 Å². The lowest BCUT2D eigenvalue weighted by Crippen LogP contribution is -2.44. The summed E-state index contributed by atoms with van der Waals surface area (Å²) < 4.78 is 14.5. The molecule has 732 valence electrons. The van der Waals surface area contributed by atoms with Gasteiger partial charge in [-0.25, -0.2) is 44.4 Å². The maximum Gasteiger partial charge on any atom is 0.263 e. The Morgan fingerprint density at radius 2 is 0.794 bits per heavy atom. The van der Waals surface area contributed by atoms with Crippen LogP contribution in [0.2, 0.25) is 0 Å². The van der Waals surface area contributed by atoms with E-state index in [1.54, 1.807) is 74.6 Å². The summed E-state index contributed by atoms with van der Waals surface area (Å²) in [5.74, 6) is 4.08. The van der Waals surface area contributed by atoms with Crippen molar-refractivity contribution in [3.63, 3.8) is 0 Å². The molecule has 17 heterocycles. The highest BCUT2D eigenvalue weighted by Crippen LogP contribution is 2.42. The lowest BCUT2D eigenvalue weighted by molar-refractivity contribution is 0.100. The number of anilines is 11. The number of likely N-dealkylation sites (N-methyl/N-ethyl adjacent to an activating group) is 1. The summed E-state index contributed by atoms with van der Waals surface area (Å²) in [6.07, 6.45) is 37.0. The first-order valence-electron chi connectivity index (χ1n) is 50.1. The summed E-state index contributed by atoms with van der Waals surface area (Å²) >= 11 is 0. The average molecular weight is 1910 g/mol. The van der Waals surface area contributed by atoms with Crippen LogP contribution < -0.4 is 79.5 Å². The van der Waals surface area contributed by atoms with Gasteiger partial charge in [0.1, 0.15) is 40.0 Å². The molecule has 0 amide bonds. The first-order valence-corrected chi connectivity index (χ1v) is 50.1. The molecule has 0 bridgehead atoms. The van der Waals surface area contributed by atoms with Crippen LogP contribution >= 0.6 is 0 Å². The molecule has 9 aliphatic rings. The van der Waals surface area contributed by atoms with E-state index in [1.165, 1.54) is 55.6 Å². The van der Waals surface area contributed by atoms with E-state index in [0.717, 1.165) is 259 Å². The van der Waals surface area contributed by atoms with Crippen molar-refractivity contribution in [1.82, 2.24) is 109 Å². The number of hydrogen-bond donors (Lipinski definition) is 8. The molecular weight excluding hydrogens is 1790 g/mol. The predicted molar refractivity (Wildman–Crippen MR) is 545 cm³/mol. The van der Waals surface area contributed by atoms with E-state index >= 15 is 0 Å². The highest BCUT2D eigenvalue weighted by molar-refractivity contribution is 6.03. The van der Waals surface area contributed by atoms with Crippen LogP contribution in [0.4, 0.5) is 64.3 Å². The number of carbonyl (C=O) groups is 4. The zero-order valence-electron chi connectivity index (χ0n) is 81.5. The van der Waals surface area contributed by atoms with E-state index < -0.39 is 0 Å². The van der Waals surface area contributed by atoms with Gasteiger partial charge in [0, 0.05) is 172 Å². The number of pyridine rings is 7.